The molecule has 1 saturated carbocycles. The first-order chi connectivity index (χ1) is 9.72. The van der Waals surface area contributed by atoms with E-state index in [2.05, 4.69) is 41.4 Å². The molecule has 1 saturated heterocycles. The fourth-order valence-electron chi connectivity index (χ4n) is 3.51. The summed E-state index contributed by atoms with van der Waals surface area (Å²) >= 11 is 0. The van der Waals surface area contributed by atoms with Crippen LogP contribution in [-0.2, 0) is 10.2 Å². The Morgan fingerprint density at radius 2 is 2.00 bits per heavy atom. The van der Waals surface area contributed by atoms with Gasteiger partial charge in [-0.05, 0) is 38.3 Å². The van der Waals surface area contributed by atoms with Crippen molar-refractivity contribution >= 4 is 5.91 Å². The van der Waals surface area contributed by atoms with Crippen LogP contribution in [0.5, 0.6) is 0 Å². The summed E-state index contributed by atoms with van der Waals surface area (Å²) in [6, 6.07) is 10.8. The van der Waals surface area contributed by atoms with E-state index in [0.717, 1.165) is 38.9 Å². The van der Waals surface area contributed by atoms with Gasteiger partial charge in [-0.25, -0.2) is 0 Å². The summed E-state index contributed by atoms with van der Waals surface area (Å²) in [7, 11) is 0. The zero-order valence-electron chi connectivity index (χ0n) is 12.3. The number of benzene rings is 1. The van der Waals surface area contributed by atoms with Gasteiger partial charge in [0.25, 0.3) is 0 Å². The number of nitrogens with one attached hydrogen (secondary N) is 1. The van der Waals surface area contributed by atoms with Crippen LogP contribution in [0.1, 0.15) is 38.2 Å². The minimum atomic E-state index is -0.231. The third-order valence-corrected chi connectivity index (χ3v) is 4.82. The summed E-state index contributed by atoms with van der Waals surface area (Å²) in [5.74, 6) is 0.352. The summed E-state index contributed by atoms with van der Waals surface area (Å²) in [6.45, 7) is 4.92. The van der Waals surface area contributed by atoms with E-state index in [-0.39, 0.29) is 5.41 Å². The van der Waals surface area contributed by atoms with Gasteiger partial charge in [0.05, 0.1) is 5.41 Å². The van der Waals surface area contributed by atoms with Crippen LogP contribution in [0.2, 0.25) is 0 Å². The first kappa shape index (κ1) is 13.6. The van der Waals surface area contributed by atoms with Gasteiger partial charge in [-0.3, -0.25) is 4.79 Å². The smallest absolute Gasteiger partial charge is 0.233 e. The second-order valence-corrected chi connectivity index (χ2v) is 6.26. The van der Waals surface area contributed by atoms with Crippen molar-refractivity contribution in [3.05, 3.63) is 35.9 Å². The van der Waals surface area contributed by atoms with E-state index in [9.17, 15) is 4.79 Å². The molecule has 1 amide bonds. The Kier molecular flexibility index (Phi) is 3.79. The average Bonchev–Trinajstić information content (AvgIpc) is 2.63. The molecule has 1 atom stereocenters. The quantitative estimate of drug-likeness (QED) is 0.896. The number of nitrogens with zero attached hydrogens (tertiary/aromatic N) is 1. The monoisotopic (exact) mass is 272 g/mol. The van der Waals surface area contributed by atoms with Crippen LogP contribution in [0.3, 0.4) is 0 Å². The molecule has 1 aromatic rings. The largest absolute Gasteiger partial charge is 0.340 e. The zero-order valence-corrected chi connectivity index (χ0v) is 12.3. The third-order valence-electron chi connectivity index (χ3n) is 4.82. The molecular formula is C17H24N2O. The SMILES string of the molecule is CC1CN(C(=O)C2(c3ccccc3)CCC2)CCCN1. The number of carbonyl (C=O) groups excluding carboxylic acids is 1. The molecule has 20 heavy (non-hydrogen) atoms. The van der Waals surface area contributed by atoms with Crippen molar-refractivity contribution in [1.29, 1.82) is 0 Å². The minimum Gasteiger partial charge on any atom is -0.340 e. The lowest BCUT2D eigenvalue weighted by molar-refractivity contribution is -0.141. The van der Waals surface area contributed by atoms with E-state index in [1.807, 2.05) is 6.07 Å². The number of rotatable bonds is 2. The normalized spacial score (nSPS) is 25.6. The van der Waals surface area contributed by atoms with E-state index in [1.165, 1.54) is 12.0 Å². The van der Waals surface area contributed by atoms with E-state index in [4.69, 9.17) is 0 Å². The van der Waals surface area contributed by atoms with Crippen molar-refractivity contribution in [2.24, 2.45) is 0 Å². The topological polar surface area (TPSA) is 32.3 Å². The molecule has 108 valence electrons. The molecule has 1 aromatic carbocycles. The predicted molar refractivity (Wildman–Crippen MR) is 80.6 cm³/mol. The van der Waals surface area contributed by atoms with Crippen LogP contribution in [0.4, 0.5) is 0 Å². The van der Waals surface area contributed by atoms with E-state index < -0.39 is 0 Å². The molecule has 0 aromatic heterocycles. The maximum absolute atomic E-state index is 13.1. The Labute approximate surface area is 121 Å². The van der Waals surface area contributed by atoms with Crippen molar-refractivity contribution in [3.63, 3.8) is 0 Å². The molecule has 1 aliphatic carbocycles. The highest BCUT2D eigenvalue weighted by atomic mass is 16.2. The fraction of sp³-hybridized carbons (Fsp3) is 0.588. The molecule has 1 N–H and O–H groups in total. The van der Waals surface area contributed by atoms with Crippen LogP contribution < -0.4 is 5.32 Å². The number of hydrogen-bond donors (Lipinski definition) is 1. The van der Waals surface area contributed by atoms with Crippen molar-refractivity contribution in [2.75, 3.05) is 19.6 Å². The molecule has 2 fully saturated rings. The highest BCUT2D eigenvalue weighted by Gasteiger charge is 2.47. The van der Waals surface area contributed by atoms with Gasteiger partial charge in [0, 0.05) is 19.1 Å². The maximum Gasteiger partial charge on any atom is 0.233 e. The summed E-state index contributed by atoms with van der Waals surface area (Å²) in [6.07, 6.45) is 4.24. The van der Waals surface area contributed by atoms with Crippen LogP contribution in [0.15, 0.2) is 30.3 Å². The van der Waals surface area contributed by atoms with Crippen LogP contribution in [-0.4, -0.2) is 36.5 Å². The summed E-state index contributed by atoms with van der Waals surface area (Å²) < 4.78 is 0. The van der Waals surface area contributed by atoms with Crippen LogP contribution >= 0.6 is 0 Å². The molecule has 2 aliphatic rings. The lowest BCUT2D eigenvalue weighted by atomic mass is 9.63. The third kappa shape index (κ3) is 2.35. The fourth-order valence-corrected chi connectivity index (χ4v) is 3.51. The molecule has 1 unspecified atom stereocenters. The van der Waals surface area contributed by atoms with Gasteiger partial charge >= 0.3 is 0 Å². The van der Waals surface area contributed by atoms with Gasteiger partial charge in [-0.2, -0.15) is 0 Å². The molecular weight excluding hydrogens is 248 g/mol. The van der Waals surface area contributed by atoms with Gasteiger partial charge in [0.1, 0.15) is 0 Å². The van der Waals surface area contributed by atoms with Gasteiger partial charge in [-0.1, -0.05) is 36.8 Å². The number of carbonyl (C=O) groups is 1. The van der Waals surface area contributed by atoms with E-state index in [0.29, 0.717) is 11.9 Å². The van der Waals surface area contributed by atoms with Crippen LogP contribution in [0.25, 0.3) is 0 Å². The van der Waals surface area contributed by atoms with Crippen molar-refractivity contribution in [1.82, 2.24) is 10.2 Å². The average molecular weight is 272 g/mol. The summed E-state index contributed by atoms with van der Waals surface area (Å²) in [4.78, 5) is 15.2. The minimum absolute atomic E-state index is 0.231. The Morgan fingerprint density at radius 1 is 1.25 bits per heavy atom. The van der Waals surface area contributed by atoms with E-state index in [1.54, 1.807) is 0 Å². The molecule has 3 heteroatoms. The molecule has 0 radical (unpaired) electrons. The molecule has 1 heterocycles. The van der Waals surface area contributed by atoms with Crippen molar-refractivity contribution < 1.29 is 4.79 Å². The first-order valence-corrected chi connectivity index (χ1v) is 7.81. The summed E-state index contributed by atoms with van der Waals surface area (Å²) in [5.41, 5.74) is 0.979. The Hall–Kier alpha value is -1.35. The zero-order chi connectivity index (χ0) is 14.0. The molecule has 1 aliphatic heterocycles. The van der Waals surface area contributed by atoms with Crippen molar-refractivity contribution in [3.8, 4) is 0 Å². The summed E-state index contributed by atoms with van der Waals surface area (Å²) in [5, 5.41) is 3.46. The second-order valence-electron chi connectivity index (χ2n) is 6.26. The molecule has 0 bridgehead atoms. The van der Waals surface area contributed by atoms with Gasteiger partial charge in [-0.15, -0.1) is 0 Å². The predicted octanol–water partition coefficient (Wildman–Crippen LogP) is 2.32. The Bertz CT molecular complexity index is 467. The van der Waals surface area contributed by atoms with Gasteiger partial charge in [0.15, 0.2) is 0 Å². The van der Waals surface area contributed by atoms with E-state index >= 15 is 0 Å². The highest BCUT2D eigenvalue weighted by molar-refractivity contribution is 5.89. The Balaban J connectivity index is 1.84. The molecule has 3 nitrogen and oxygen atoms in total. The highest BCUT2D eigenvalue weighted by Crippen LogP contribution is 2.45. The number of amides is 1. The molecule has 0 spiro atoms. The lowest BCUT2D eigenvalue weighted by Crippen LogP contribution is -2.52. The lowest BCUT2D eigenvalue weighted by Gasteiger charge is -2.44. The standard InChI is InChI=1S/C17H24N2O/c1-14-13-19(12-6-11-18-14)16(20)17(9-5-10-17)15-7-3-2-4-8-15/h2-4,7-8,14,18H,5-6,9-13H2,1H3. The van der Waals surface area contributed by atoms with Crippen LogP contribution in [0, 0.1) is 0 Å². The first-order valence-electron chi connectivity index (χ1n) is 7.81. The van der Waals surface area contributed by atoms with Crippen molar-refractivity contribution in [2.45, 2.75) is 44.1 Å². The Morgan fingerprint density at radius 3 is 2.65 bits per heavy atom. The molecule has 3 rings (SSSR count). The number of hydrogen-bond acceptors (Lipinski definition) is 2. The second kappa shape index (κ2) is 5.57. The van der Waals surface area contributed by atoms with Gasteiger partial charge < -0.3 is 10.2 Å². The maximum atomic E-state index is 13.1. The van der Waals surface area contributed by atoms with Gasteiger partial charge in [0.2, 0.25) is 5.91 Å².